The number of rotatable bonds is 1. The Morgan fingerprint density at radius 1 is 1.40 bits per heavy atom. The van der Waals surface area contributed by atoms with Crippen LogP contribution in [0.15, 0.2) is 12.2 Å². The lowest BCUT2D eigenvalue weighted by Gasteiger charge is -2.38. The van der Waals surface area contributed by atoms with Gasteiger partial charge in [0, 0.05) is 13.1 Å². The highest BCUT2D eigenvalue weighted by atomic mass is 16.2. The van der Waals surface area contributed by atoms with Crippen molar-refractivity contribution in [3.63, 3.8) is 0 Å². The second-order valence-corrected chi connectivity index (χ2v) is 4.73. The number of nitrogens with one attached hydrogen (secondary N) is 1. The third kappa shape index (κ3) is 2.23. The molecule has 0 aliphatic carbocycles. The first-order valence-corrected chi connectivity index (χ1v) is 5.92. The SMILES string of the molecule is CC1(C(=O)N2CC=CCC2)CCCCN1. The van der Waals surface area contributed by atoms with Crippen LogP contribution < -0.4 is 5.32 Å². The third-order valence-corrected chi connectivity index (χ3v) is 3.44. The van der Waals surface area contributed by atoms with Crippen molar-refractivity contribution in [3.05, 3.63) is 12.2 Å². The van der Waals surface area contributed by atoms with Crippen molar-refractivity contribution in [1.82, 2.24) is 10.2 Å². The van der Waals surface area contributed by atoms with Crippen LogP contribution in [0.3, 0.4) is 0 Å². The fourth-order valence-electron chi connectivity index (χ4n) is 2.41. The van der Waals surface area contributed by atoms with E-state index in [9.17, 15) is 4.79 Å². The lowest BCUT2D eigenvalue weighted by atomic mass is 9.89. The second-order valence-electron chi connectivity index (χ2n) is 4.73. The molecule has 0 aromatic heterocycles. The van der Waals surface area contributed by atoms with Gasteiger partial charge in [-0.25, -0.2) is 0 Å². The van der Waals surface area contributed by atoms with E-state index in [0.29, 0.717) is 0 Å². The highest BCUT2D eigenvalue weighted by Gasteiger charge is 2.37. The zero-order valence-electron chi connectivity index (χ0n) is 9.46. The van der Waals surface area contributed by atoms with Crippen LogP contribution in [0.2, 0.25) is 0 Å². The molecule has 3 nitrogen and oxygen atoms in total. The summed E-state index contributed by atoms with van der Waals surface area (Å²) in [4.78, 5) is 14.3. The van der Waals surface area contributed by atoms with Crippen LogP contribution in [-0.4, -0.2) is 36.0 Å². The van der Waals surface area contributed by atoms with E-state index in [1.165, 1.54) is 12.8 Å². The first kappa shape index (κ1) is 10.7. The Labute approximate surface area is 91.5 Å². The summed E-state index contributed by atoms with van der Waals surface area (Å²) in [5.41, 5.74) is -0.302. The molecule has 0 radical (unpaired) electrons. The van der Waals surface area contributed by atoms with Gasteiger partial charge in [-0.05, 0) is 39.2 Å². The number of amides is 1. The van der Waals surface area contributed by atoms with E-state index >= 15 is 0 Å². The average molecular weight is 208 g/mol. The van der Waals surface area contributed by atoms with E-state index in [2.05, 4.69) is 17.5 Å². The smallest absolute Gasteiger partial charge is 0.242 e. The number of carbonyl (C=O) groups is 1. The minimum atomic E-state index is -0.302. The normalized spacial score (nSPS) is 31.7. The maximum atomic E-state index is 12.3. The molecule has 2 aliphatic heterocycles. The average Bonchev–Trinajstić information content (AvgIpc) is 2.30. The molecule has 0 spiro atoms. The fraction of sp³-hybridized carbons (Fsp3) is 0.750. The Morgan fingerprint density at radius 2 is 2.27 bits per heavy atom. The van der Waals surface area contributed by atoms with Gasteiger partial charge in [0.25, 0.3) is 0 Å². The summed E-state index contributed by atoms with van der Waals surface area (Å²) in [5.74, 6) is 0.284. The summed E-state index contributed by atoms with van der Waals surface area (Å²) in [6.07, 6.45) is 8.59. The Bertz CT molecular complexity index is 267. The van der Waals surface area contributed by atoms with E-state index in [-0.39, 0.29) is 11.4 Å². The van der Waals surface area contributed by atoms with Gasteiger partial charge in [0.05, 0.1) is 5.54 Å². The standard InChI is InChI=1S/C12H20N2O/c1-12(7-3-4-8-13-12)11(15)14-9-5-2-6-10-14/h2,5,13H,3-4,6-10H2,1H3. The van der Waals surface area contributed by atoms with E-state index in [1.807, 2.05) is 11.8 Å². The molecule has 84 valence electrons. The molecule has 1 amide bonds. The van der Waals surface area contributed by atoms with Crippen LogP contribution in [0.1, 0.15) is 32.6 Å². The van der Waals surface area contributed by atoms with Gasteiger partial charge < -0.3 is 10.2 Å². The van der Waals surface area contributed by atoms with Gasteiger partial charge in [0.2, 0.25) is 5.91 Å². The van der Waals surface area contributed by atoms with Gasteiger partial charge in [0.1, 0.15) is 0 Å². The van der Waals surface area contributed by atoms with Gasteiger partial charge in [-0.15, -0.1) is 0 Å². The molecule has 2 aliphatic rings. The minimum Gasteiger partial charge on any atom is -0.337 e. The van der Waals surface area contributed by atoms with Crippen LogP contribution in [0, 0.1) is 0 Å². The third-order valence-electron chi connectivity index (χ3n) is 3.44. The summed E-state index contributed by atoms with van der Waals surface area (Å²) >= 11 is 0. The molecule has 3 heteroatoms. The van der Waals surface area contributed by atoms with E-state index in [0.717, 1.165) is 32.5 Å². The molecule has 0 saturated carbocycles. The van der Waals surface area contributed by atoms with Crippen LogP contribution in [0.5, 0.6) is 0 Å². The Morgan fingerprint density at radius 3 is 2.87 bits per heavy atom. The number of piperidine rings is 1. The summed E-state index contributed by atoms with van der Waals surface area (Å²) in [7, 11) is 0. The van der Waals surface area contributed by atoms with E-state index in [1.54, 1.807) is 0 Å². The van der Waals surface area contributed by atoms with Crippen molar-refractivity contribution in [2.24, 2.45) is 0 Å². The lowest BCUT2D eigenvalue weighted by Crippen LogP contribution is -2.58. The Balaban J connectivity index is 2.01. The Hall–Kier alpha value is -0.830. The monoisotopic (exact) mass is 208 g/mol. The highest BCUT2D eigenvalue weighted by Crippen LogP contribution is 2.22. The predicted molar refractivity (Wildman–Crippen MR) is 60.6 cm³/mol. The maximum Gasteiger partial charge on any atom is 0.242 e. The topological polar surface area (TPSA) is 32.3 Å². The molecule has 1 saturated heterocycles. The second kappa shape index (κ2) is 4.35. The van der Waals surface area contributed by atoms with Gasteiger partial charge in [0.15, 0.2) is 0 Å². The number of carbonyl (C=O) groups excluding carboxylic acids is 1. The van der Waals surface area contributed by atoms with Crippen molar-refractivity contribution < 1.29 is 4.79 Å². The van der Waals surface area contributed by atoms with E-state index in [4.69, 9.17) is 0 Å². The molecule has 1 N–H and O–H groups in total. The molecule has 2 heterocycles. The number of hydrogen-bond acceptors (Lipinski definition) is 2. The lowest BCUT2D eigenvalue weighted by molar-refractivity contribution is -0.138. The number of nitrogens with zero attached hydrogens (tertiary/aromatic N) is 1. The molecule has 0 aromatic carbocycles. The highest BCUT2D eigenvalue weighted by molar-refractivity contribution is 5.86. The molecule has 0 aromatic rings. The summed E-state index contributed by atoms with van der Waals surface area (Å²) in [6, 6.07) is 0. The molecule has 15 heavy (non-hydrogen) atoms. The van der Waals surface area contributed by atoms with Crippen molar-refractivity contribution in [2.75, 3.05) is 19.6 Å². The van der Waals surface area contributed by atoms with E-state index < -0.39 is 0 Å². The number of hydrogen-bond donors (Lipinski definition) is 1. The first-order chi connectivity index (χ1) is 7.22. The van der Waals surface area contributed by atoms with Crippen LogP contribution in [0.25, 0.3) is 0 Å². The molecule has 0 bridgehead atoms. The van der Waals surface area contributed by atoms with Gasteiger partial charge in [-0.3, -0.25) is 4.79 Å². The predicted octanol–water partition coefficient (Wildman–Crippen LogP) is 1.31. The zero-order valence-corrected chi connectivity index (χ0v) is 9.46. The van der Waals surface area contributed by atoms with Gasteiger partial charge >= 0.3 is 0 Å². The van der Waals surface area contributed by atoms with Crippen molar-refractivity contribution in [2.45, 2.75) is 38.1 Å². The fourth-order valence-corrected chi connectivity index (χ4v) is 2.41. The van der Waals surface area contributed by atoms with Crippen LogP contribution in [-0.2, 0) is 4.79 Å². The zero-order chi connectivity index (χ0) is 10.7. The van der Waals surface area contributed by atoms with Crippen molar-refractivity contribution >= 4 is 5.91 Å². The summed E-state index contributed by atoms with van der Waals surface area (Å²) in [5, 5.41) is 3.38. The van der Waals surface area contributed by atoms with Gasteiger partial charge in [-0.2, -0.15) is 0 Å². The van der Waals surface area contributed by atoms with Gasteiger partial charge in [-0.1, -0.05) is 12.2 Å². The summed E-state index contributed by atoms with van der Waals surface area (Å²) in [6.45, 7) is 4.70. The maximum absolute atomic E-state index is 12.3. The largest absolute Gasteiger partial charge is 0.337 e. The molecular formula is C12H20N2O. The molecule has 1 fully saturated rings. The van der Waals surface area contributed by atoms with Crippen LogP contribution in [0.4, 0.5) is 0 Å². The van der Waals surface area contributed by atoms with Crippen LogP contribution >= 0.6 is 0 Å². The molecule has 1 unspecified atom stereocenters. The quantitative estimate of drug-likeness (QED) is 0.659. The molecule has 1 atom stereocenters. The molecule has 2 rings (SSSR count). The van der Waals surface area contributed by atoms with Crippen molar-refractivity contribution in [3.8, 4) is 0 Å². The van der Waals surface area contributed by atoms with Crippen molar-refractivity contribution in [1.29, 1.82) is 0 Å². The molecular weight excluding hydrogens is 188 g/mol. The first-order valence-electron chi connectivity index (χ1n) is 5.92. The summed E-state index contributed by atoms with van der Waals surface area (Å²) < 4.78 is 0. The minimum absolute atomic E-state index is 0.284. The Kier molecular flexibility index (Phi) is 3.10.